The first kappa shape index (κ1) is 9.83. The Labute approximate surface area is 62.2 Å². The van der Waals surface area contributed by atoms with Crippen LogP contribution in [0.4, 0.5) is 4.39 Å². The molecule has 0 rings (SSSR count). The lowest BCUT2D eigenvalue weighted by molar-refractivity contribution is -0.129. The smallest absolute Gasteiger partial charge is 0.252 e. The summed E-state index contributed by atoms with van der Waals surface area (Å²) in [4.78, 5) is 20.2. The monoisotopic (exact) mass is 164 g/mol. The third-order valence-corrected chi connectivity index (χ3v) is 1.07. The molecule has 2 atom stereocenters. The summed E-state index contributed by atoms with van der Waals surface area (Å²) in [5.74, 6) is -2.29. The second-order valence-corrected chi connectivity index (χ2v) is 2.02. The molecule has 5 N–H and O–H groups in total. The lowest BCUT2D eigenvalue weighted by Crippen LogP contribution is -2.35. The fourth-order valence-electron chi connectivity index (χ4n) is 0.428. The van der Waals surface area contributed by atoms with E-state index in [2.05, 4.69) is 11.5 Å². The van der Waals surface area contributed by atoms with Crippen LogP contribution in [0.1, 0.15) is 6.42 Å². The van der Waals surface area contributed by atoms with Gasteiger partial charge in [-0.25, -0.2) is 4.39 Å². The number of aliphatic hydroxyl groups excluding tert-OH is 1. The predicted octanol–water partition coefficient (Wildman–Crippen LogP) is -1.95. The Kier molecular flexibility index (Phi) is 3.46. The lowest BCUT2D eigenvalue weighted by Gasteiger charge is -2.06. The lowest BCUT2D eigenvalue weighted by atomic mass is 10.1. The van der Waals surface area contributed by atoms with Gasteiger partial charge in [0.15, 0.2) is 6.17 Å². The normalized spacial score (nSPS) is 15.5. The number of rotatable bonds is 4. The highest BCUT2D eigenvalue weighted by atomic mass is 19.1. The molecule has 0 heterocycles. The molecule has 0 spiro atoms. The Morgan fingerprint density at radius 1 is 1.36 bits per heavy atom. The molecule has 0 radical (unpaired) electrons. The molecule has 0 aliphatic heterocycles. The maximum Gasteiger partial charge on any atom is 0.252 e. The molecule has 64 valence electrons. The van der Waals surface area contributed by atoms with Crippen LogP contribution in [0.5, 0.6) is 0 Å². The van der Waals surface area contributed by atoms with Crippen LogP contribution in [0, 0.1) is 0 Å². The van der Waals surface area contributed by atoms with Crippen molar-refractivity contribution >= 4 is 11.8 Å². The fraction of sp³-hybridized carbons (Fsp3) is 0.600. The summed E-state index contributed by atoms with van der Waals surface area (Å²) in [5.41, 5.74) is 9.08. The van der Waals surface area contributed by atoms with Crippen molar-refractivity contribution < 1.29 is 19.1 Å². The van der Waals surface area contributed by atoms with E-state index in [1.54, 1.807) is 0 Å². The number of amides is 2. The Bertz CT molecular complexity index is 155. The van der Waals surface area contributed by atoms with Crippen LogP contribution < -0.4 is 11.5 Å². The van der Waals surface area contributed by atoms with E-state index in [0.717, 1.165) is 0 Å². The minimum absolute atomic E-state index is 0.676. The SMILES string of the molecule is NC(=O)C(O)CC(F)C(N)=O. The van der Waals surface area contributed by atoms with Crippen LogP contribution in [0.3, 0.4) is 0 Å². The van der Waals surface area contributed by atoms with Crippen molar-refractivity contribution in [1.29, 1.82) is 0 Å². The van der Waals surface area contributed by atoms with Gasteiger partial charge < -0.3 is 16.6 Å². The molecule has 0 saturated heterocycles. The van der Waals surface area contributed by atoms with Crippen molar-refractivity contribution in [2.24, 2.45) is 11.5 Å². The van der Waals surface area contributed by atoms with E-state index in [1.807, 2.05) is 0 Å². The van der Waals surface area contributed by atoms with Gasteiger partial charge in [0.2, 0.25) is 5.91 Å². The van der Waals surface area contributed by atoms with Crippen LogP contribution in [0.15, 0.2) is 0 Å². The first-order valence-corrected chi connectivity index (χ1v) is 2.86. The zero-order valence-corrected chi connectivity index (χ0v) is 5.66. The first-order valence-electron chi connectivity index (χ1n) is 2.86. The van der Waals surface area contributed by atoms with Crippen LogP contribution in [-0.4, -0.2) is 29.2 Å². The number of primary amides is 2. The maximum absolute atomic E-state index is 12.3. The van der Waals surface area contributed by atoms with Gasteiger partial charge in [-0.05, 0) is 0 Å². The van der Waals surface area contributed by atoms with E-state index < -0.39 is 30.5 Å². The molecular weight excluding hydrogens is 155 g/mol. The summed E-state index contributed by atoms with van der Waals surface area (Å²) in [6, 6.07) is 0. The van der Waals surface area contributed by atoms with Gasteiger partial charge in [0.25, 0.3) is 5.91 Å². The molecule has 0 aromatic rings. The molecule has 0 saturated carbocycles. The molecule has 0 aliphatic rings. The fourth-order valence-corrected chi connectivity index (χ4v) is 0.428. The molecule has 0 aromatic heterocycles. The molecular formula is C5H9FN2O3. The summed E-state index contributed by atoms with van der Waals surface area (Å²) in [6.07, 6.45) is -4.36. The number of carbonyl (C=O) groups is 2. The van der Waals surface area contributed by atoms with Gasteiger partial charge in [-0.1, -0.05) is 0 Å². The van der Waals surface area contributed by atoms with Gasteiger partial charge in [0, 0.05) is 6.42 Å². The van der Waals surface area contributed by atoms with Crippen LogP contribution in [0.25, 0.3) is 0 Å². The summed E-state index contributed by atoms with van der Waals surface area (Å²) in [7, 11) is 0. The van der Waals surface area contributed by atoms with E-state index >= 15 is 0 Å². The van der Waals surface area contributed by atoms with E-state index in [4.69, 9.17) is 5.11 Å². The second-order valence-electron chi connectivity index (χ2n) is 2.02. The number of alkyl halides is 1. The van der Waals surface area contributed by atoms with Gasteiger partial charge in [-0.2, -0.15) is 0 Å². The standard InChI is InChI=1S/C5H9FN2O3/c6-2(4(7)10)1-3(9)5(8)11/h2-3,9H,1H2,(H2,7,10)(H2,8,11). The van der Waals surface area contributed by atoms with Gasteiger partial charge >= 0.3 is 0 Å². The molecule has 0 aliphatic carbocycles. The quantitative estimate of drug-likeness (QED) is 0.449. The maximum atomic E-state index is 12.3. The third-order valence-electron chi connectivity index (χ3n) is 1.07. The van der Waals surface area contributed by atoms with Crippen molar-refractivity contribution in [1.82, 2.24) is 0 Å². The highest BCUT2D eigenvalue weighted by Crippen LogP contribution is 2.00. The number of hydrogen-bond acceptors (Lipinski definition) is 3. The highest BCUT2D eigenvalue weighted by molar-refractivity contribution is 5.82. The van der Waals surface area contributed by atoms with Crippen molar-refractivity contribution in [2.75, 3.05) is 0 Å². The predicted molar refractivity (Wildman–Crippen MR) is 33.9 cm³/mol. The van der Waals surface area contributed by atoms with Crippen molar-refractivity contribution in [3.8, 4) is 0 Å². The van der Waals surface area contributed by atoms with Crippen LogP contribution >= 0.6 is 0 Å². The number of halogens is 1. The van der Waals surface area contributed by atoms with Gasteiger partial charge in [-0.15, -0.1) is 0 Å². The Hall–Kier alpha value is -1.17. The van der Waals surface area contributed by atoms with Crippen molar-refractivity contribution in [2.45, 2.75) is 18.7 Å². The number of hydrogen-bond donors (Lipinski definition) is 3. The molecule has 11 heavy (non-hydrogen) atoms. The van der Waals surface area contributed by atoms with E-state index in [9.17, 15) is 14.0 Å². The minimum Gasteiger partial charge on any atom is -0.383 e. The zero-order valence-electron chi connectivity index (χ0n) is 5.66. The average Bonchev–Trinajstić information content (AvgIpc) is 1.87. The minimum atomic E-state index is -2.03. The largest absolute Gasteiger partial charge is 0.383 e. The molecule has 2 unspecified atom stereocenters. The second kappa shape index (κ2) is 3.87. The molecule has 0 aromatic carbocycles. The molecule has 0 fully saturated rings. The zero-order chi connectivity index (χ0) is 9.02. The van der Waals surface area contributed by atoms with Crippen LogP contribution in [-0.2, 0) is 9.59 Å². The molecule has 5 nitrogen and oxygen atoms in total. The Morgan fingerprint density at radius 2 is 1.82 bits per heavy atom. The summed E-state index contributed by atoms with van der Waals surface area (Å²) in [6.45, 7) is 0. The number of carbonyl (C=O) groups excluding carboxylic acids is 2. The summed E-state index contributed by atoms with van der Waals surface area (Å²) < 4.78 is 12.3. The van der Waals surface area contributed by atoms with Crippen LogP contribution in [0.2, 0.25) is 0 Å². The summed E-state index contributed by atoms with van der Waals surface area (Å²) in [5, 5.41) is 8.62. The van der Waals surface area contributed by atoms with Gasteiger partial charge in [0.05, 0.1) is 0 Å². The van der Waals surface area contributed by atoms with E-state index in [0.29, 0.717) is 0 Å². The number of nitrogens with two attached hydrogens (primary N) is 2. The highest BCUT2D eigenvalue weighted by Gasteiger charge is 2.21. The van der Waals surface area contributed by atoms with E-state index in [1.165, 1.54) is 0 Å². The summed E-state index contributed by atoms with van der Waals surface area (Å²) >= 11 is 0. The average molecular weight is 164 g/mol. The first-order chi connectivity index (χ1) is 4.95. The van der Waals surface area contributed by atoms with Gasteiger partial charge in [0.1, 0.15) is 6.10 Å². The number of aliphatic hydroxyl groups is 1. The van der Waals surface area contributed by atoms with Crippen molar-refractivity contribution in [3.63, 3.8) is 0 Å². The Morgan fingerprint density at radius 3 is 2.09 bits per heavy atom. The molecule has 2 amide bonds. The Balaban J connectivity index is 3.84. The molecule has 0 bridgehead atoms. The van der Waals surface area contributed by atoms with Gasteiger partial charge in [-0.3, -0.25) is 9.59 Å². The van der Waals surface area contributed by atoms with Crippen molar-refractivity contribution in [3.05, 3.63) is 0 Å². The third kappa shape index (κ3) is 3.51. The van der Waals surface area contributed by atoms with E-state index in [-0.39, 0.29) is 0 Å². The topological polar surface area (TPSA) is 106 Å². The molecule has 6 heteroatoms.